The predicted octanol–water partition coefficient (Wildman–Crippen LogP) is 2.81. The number of anilines is 1. The largest absolute Gasteiger partial charge is 0.494 e. The Labute approximate surface area is 206 Å². The third-order valence-corrected chi connectivity index (χ3v) is 6.20. The van der Waals surface area contributed by atoms with Gasteiger partial charge in [-0.05, 0) is 56.9 Å². The maximum Gasteiger partial charge on any atom is 0.220 e. The normalized spacial score (nSPS) is 13.6. The third-order valence-electron chi connectivity index (χ3n) is 6.20. The summed E-state index contributed by atoms with van der Waals surface area (Å²) >= 11 is 0. The summed E-state index contributed by atoms with van der Waals surface area (Å²) in [4.78, 5) is 23.5. The highest BCUT2D eigenvalue weighted by molar-refractivity contribution is 5.76. The number of hydrogen-bond donors (Lipinski definition) is 1. The van der Waals surface area contributed by atoms with Crippen molar-refractivity contribution in [3.8, 4) is 11.6 Å². The fourth-order valence-electron chi connectivity index (χ4n) is 4.27. The van der Waals surface area contributed by atoms with Crippen LogP contribution in [0.25, 0.3) is 5.82 Å². The lowest BCUT2D eigenvalue weighted by molar-refractivity contribution is -0.121. The fourth-order valence-corrected chi connectivity index (χ4v) is 4.27. The minimum Gasteiger partial charge on any atom is -0.494 e. The average molecular weight is 479 g/mol. The number of carbonyl (C=O) groups is 1. The molecule has 1 fully saturated rings. The highest BCUT2D eigenvalue weighted by atomic mass is 16.5. The van der Waals surface area contributed by atoms with Crippen LogP contribution in [0.3, 0.4) is 0 Å². The Morgan fingerprint density at radius 1 is 1.09 bits per heavy atom. The number of ether oxygens (including phenoxy) is 2. The summed E-state index contributed by atoms with van der Waals surface area (Å²) in [6.45, 7) is 10.3. The Balaban J connectivity index is 1.31. The maximum atomic E-state index is 12.5. The van der Waals surface area contributed by atoms with Crippen LogP contribution in [0.15, 0.2) is 36.7 Å². The highest BCUT2D eigenvalue weighted by Gasteiger charge is 2.17. The molecular weight excluding hydrogens is 444 g/mol. The van der Waals surface area contributed by atoms with Gasteiger partial charge in [0.05, 0.1) is 25.5 Å². The lowest BCUT2D eigenvalue weighted by atomic mass is 10.1. The summed E-state index contributed by atoms with van der Waals surface area (Å²) in [6.07, 6.45) is 3.41. The van der Waals surface area contributed by atoms with E-state index < -0.39 is 0 Å². The first kappa shape index (κ1) is 24.7. The summed E-state index contributed by atoms with van der Waals surface area (Å²) in [5, 5.41) is 7.74. The van der Waals surface area contributed by atoms with Crippen LogP contribution >= 0.6 is 0 Å². The molecule has 1 saturated heterocycles. The van der Waals surface area contributed by atoms with E-state index in [9.17, 15) is 4.79 Å². The zero-order chi connectivity index (χ0) is 24.6. The molecule has 2 aromatic heterocycles. The van der Waals surface area contributed by atoms with Crippen LogP contribution in [0.5, 0.6) is 5.75 Å². The van der Waals surface area contributed by atoms with Gasteiger partial charge in [0.2, 0.25) is 5.91 Å². The number of nitrogens with one attached hydrogen (secondary N) is 1. The van der Waals surface area contributed by atoms with Crippen LogP contribution < -0.4 is 15.0 Å². The number of hydrogen-bond acceptors (Lipinski definition) is 7. The summed E-state index contributed by atoms with van der Waals surface area (Å²) < 4.78 is 12.8. The number of rotatable bonds is 10. The molecule has 0 unspecified atom stereocenters. The van der Waals surface area contributed by atoms with Gasteiger partial charge in [0, 0.05) is 37.8 Å². The van der Waals surface area contributed by atoms with E-state index in [1.165, 1.54) is 5.56 Å². The molecule has 0 atom stereocenters. The van der Waals surface area contributed by atoms with Gasteiger partial charge in [0.1, 0.15) is 17.9 Å². The molecule has 186 valence electrons. The number of morpholine rings is 1. The number of nitrogens with zero attached hydrogens (tertiary/aromatic N) is 5. The molecule has 0 aliphatic carbocycles. The second kappa shape index (κ2) is 11.8. The van der Waals surface area contributed by atoms with Crippen molar-refractivity contribution in [3.63, 3.8) is 0 Å². The molecule has 1 aromatic carbocycles. The standard InChI is InChI=1S/C26H34N6O3/c1-4-35-22-7-5-21(6-8-22)11-12-27-26(33)10-9-23-19(2)30-32(20(23)3)25-17-24(28-18-29-25)31-13-15-34-16-14-31/h5-8,17-18H,4,9-16H2,1-3H3,(H,27,33). The van der Waals surface area contributed by atoms with E-state index >= 15 is 0 Å². The van der Waals surface area contributed by atoms with E-state index in [2.05, 4.69) is 20.2 Å². The quantitative estimate of drug-likeness (QED) is 0.479. The van der Waals surface area contributed by atoms with Gasteiger partial charge in [-0.15, -0.1) is 0 Å². The van der Waals surface area contributed by atoms with E-state index in [0.29, 0.717) is 39.2 Å². The molecular formula is C26H34N6O3. The first-order valence-electron chi connectivity index (χ1n) is 12.2. The van der Waals surface area contributed by atoms with Gasteiger partial charge in [-0.25, -0.2) is 14.6 Å². The molecule has 0 saturated carbocycles. The van der Waals surface area contributed by atoms with Crippen LogP contribution in [-0.2, 0) is 22.4 Å². The van der Waals surface area contributed by atoms with Crippen LogP contribution in [0.4, 0.5) is 5.82 Å². The minimum absolute atomic E-state index is 0.0409. The average Bonchev–Trinajstić information content (AvgIpc) is 3.17. The predicted molar refractivity (Wildman–Crippen MR) is 134 cm³/mol. The lowest BCUT2D eigenvalue weighted by Crippen LogP contribution is -2.36. The van der Waals surface area contributed by atoms with Crippen molar-refractivity contribution < 1.29 is 14.3 Å². The molecule has 0 spiro atoms. The van der Waals surface area contributed by atoms with Crippen molar-refractivity contribution in [1.29, 1.82) is 0 Å². The van der Waals surface area contributed by atoms with Crippen molar-refractivity contribution in [1.82, 2.24) is 25.1 Å². The molecule has 3 heterocycles. The van der Waals surface area contributed by atoms with E-state index in [-0.39, 0.29) is 5.91 Å². The van der Waals surface area contributed by atoms with Gasteiger partial charge in [0.15, 0.2) is 5.82 Å². The number of carbonyl (C=O) groups excluding carboxylic acids is 1. The SMILES string of the molecule is CCOc1ccc(CCNC(=O)CCc2c(C)nn(-c3cc(N4CCOCC4)ncn3)c2C)cc1. The summed E-state index contributed by atoms with van der Waals surface area (Å²) in [7, 11) is 0. The van der Waals surface area contributed by atoms with Gasteiger partial charge < -0.3 is 19.7 Å². The molecule has 3 aromatic rings. The Morgan fingerprint density at radius 2 is 1.83 bits per heavy atom. The van der Waals surface area contributed by atoms with Gasteiger partial charge in [-0.1, -0.05) is 12.1 Å². The first-order valence-corrected chi connectivity index (χ1v) is 12.2. The van der Waals surface area contributed by atoms with E-state index in [1.807, 2.05) is 55.8 Å². The van der Waals surface area contributed by atoms with Crippen LogP contribution in [-0.4, -0.2) is 65.1 Å². The zero-order valence-corrected chi connectivity index (χ0v) is 20.8. The molecule has 35 heavy (non-hydrogen) atoms. The molecule has 1 aliphatic rings. The number of aromatic nitrogens is 4. The fraction of sp³-hybridized carbons (Fsp3) is 0.462. The van der Waals surface area contributed by atoms with Crippen molar-refractivity contribution in [3.05, 3.63) is 59.2 Å². The Bertz CT molecular complexity index is 1120. The smallest absolute Gasteiger partial charge is 0.220 e. The van der Waals surface area contributed by atoms with Crippen LogP contribution in [0, 0.1) is 13.8 Å². The Kier molecular flexibility index (Phi) is 8.31. The van der Waals surface area contributed by atoms with E-state index in [4.69, 9.17) is 14.6 Å². The lowest BCUT2D eigenvalue weighted by Gasteiger charge is -2.27. The van der Waals surface area contributed by atoms with Gasteiger partial charge in [-0.2, -0.15) is 5.10 Å². The van der Waals surface area contributed by atoms with Crippen molar-refractivity contribution >= 4 is 11.7 Å². The number of benzene rings is 1. The van der Waals surface area contributed by atoms with Gasteiger partial charge in [0.25, 0.3) is 0 Å². The maximum absolute atomic E-state index is 12.5. The third kappa shape index (κ3) is 6.36. The highest BCUT2D eigenvalue weighted by Crippen LogP contribution is 2.21. The molecule has 0 bridgehead atoms. The first-order chi connectivity index (χ1) is 17.0. The van der Waals surface area contributed by atoms with E-state index in [1.54, 1.807) is 6.33 Å². The number of aryl methyl sites for hydroxylation is 1. The second-order valence-corrected chi connectivity index (χ2v) is 8.57. The molecule has 1 amide bonds. The van der Waals surface area contributed by atoms with Gasteiger partial charge in [-0.3, -0.25) is 4.79 Å². The van der Waals surface area contributed by atoms with Crippen molar-refractivity contribution in [2.24, 2.45) is 0 Å². The van der Waals surface area contributed by atoms with E-state index in [0.717, 1.165) is 53.8 Å². The molecule has 9 nitrogen and oxygen atoms in total. The molecule has 1 N–H and O–H groups in total. The minimum atomic E-state index is 0.0409. The molecule has 0 radical (unpaired) electrons. The van der Waals surface area contributed by atoms with Crippen LogP contribution in [0.1, 0.15) is 35.9 Å². The summed E-state index contributed by atoms with van der Waals surface area (Å²) in [5.41, 5.74) is 4.16. The monoisotopic (exact) mass is 478 g/mol. The summed E-state index contributed by atoms with van der Waals surface area (Å²) in [5.74, 6) is 2.51. The molecule has 4 rings (SSSR count). The second-order valence-electron chi connectivity index (χ2n) is 8.57. The zero-order valence-electron chi connectivity index (χ0n) is 20.8. The topological polar surface area (TPSA) is 94.4 Å². The molecule has 1 aliphatic heterocycles. The molecule has 9 heteroatoms. The summed E-state index contributed by atoms with van der Waals surface area (Å²) in [6, 6.07) is 9.96. The Hall–Kier alpha value is -3.46. The van der Waals surface area contributed by atoms with Crippen molar-refractivity contribution in [2.75, 3.05) is 44.4 Å². The van der Waals surface area contributed by atoms with Crippen LogP contribution in [0.2, 0.25) is 0 Å². The van der Waals surface area contributed by atoms with Gasteiger partial charge >= 0.3 is 0 Å². The van der Waals surface area contributed by atoms with Crippen molar-refractivity contribution in [2.45, 2.75) is 40.0 Å². The Morgan fingerprint density at radius 3 is 2.57 bits per heavy atom. The number of amides is 1.